The van der Waals surface area contributed by atoms with Crippen molar-refractivity contribution in [3.8, 4) is 0 Å². The van der Waals surface area contributed by atoms with E-state index < -0.39 is 17.2 Å². The van der Waals surface area contributed by atoms with Crippen LogP contribution in [0, 0.1) is 11.6 Å². The van der Waals surface area contributed by atoms with Crippen LogP contribution in [0.2, 0.25) is 0 Å². The lowest BCUT2D eigenvalue weighted by Gasteiger charge is -2.09. The average molecular weight is 212 g/mol. The number of hydrogen-bond donors (Lipinski definition) is 2. The number of benzene rings is 1. The Morgan fingerprint density at radius 1 is 1.33 bits per heavy atom. The molecule has 0 aliphatic heterocycles. The molecule has 2 rings (SSSR count). The standard InChI is InChI=1S/C10H10F2N2O/c11-7-2-1-6(5-8(7)12)14-9(15)10(13)3-4-10/h1-2,5H,3-4,13H2,(H,14,15). The van der Waals surface area contributed by atoms with Crippen LogP contribution in [0.3, 0.4) is 0 Å². The third-order valence-electron chi connectivity index (χ3n) is 2.42. The van der Waals surface area contributed by atoms with Gasteiger partial charge in [0.15, 0.2) is 11.6 Å². The van der Waals surface area contributed by atoms with Crippen LogP contribution in [0.25, 0.3) is 0 Å². The lowest BCUT2D eigenvalue weighted by atomic mass is 10.2. The van der Waals surface area contributed by atoms with Gasteiger partial charge in [-0.15, -0.1) is 0 Å². The predicted molar refractivity (Wildman–Crippen MR) is 51.1 cm³/mol. The minimum Gasteiger partial charge on any atom is -0.324 e. The van der Waals surface area contributed by atoms with E-state index in [1.54, 1.807) is 0 Å². The lowest BCUT2D eigenvalue weighted by molar-refractivity contribution is -0.118. The third kappa shape index (κ3) is 1.97. The maximum absolute atomic E-state index is 12.8. The van der Waals surface area contributed by atoms with Crippen molar-refractivity contribution >= 4 is 11.6 Å². The lowest BCUT2D eigenvalue weighted by Crippen LogP contribution is -2.37. The second-order valence-corrected chi connectivity index (χ2v) is 3.74. The normalized spacial score (nSPS) is 17.3. The van der Waals surface area contributed by atoms with Crippen LogP contribution in [0.1, 0.15) is 12.8 Å². The molecule has 1 fully saturated rings. The molecule has 1 aromatic carbocycles. The summed E-state index contributed by atoms with van der Waals surface area (Å²) in [7, 11) is 0. The van der Waals surface area contributed by atoms with Gasteiger partial charge in [0.1, 0.15) is 0 Å². The molecule has 3 nitrogen and oxygen atoms in total. The summed E-state index contributed by atoms with van der Waals surface area (Å²) in [4.78, 5) is 11.4. The van der Waals surface area contributed by atoms with E-state index in [0.29, 0.717) is 12.8 Å². The Morgan fingerprint density at radius 2 is 2.00 bits per heavy atom. The molecule has 5 heteroatoms. The topological polar surface area (TPSA) is 55.1 Å². The highest BCUT2D eigenvalue weighted by atomic mass is 19.2. The van der Waals surface area contributed by atoms with Gasteiger partial charge < -0.3 is 11.1 Å². The van der Waals surface area contributed by atoms with Crippen LogP contribution in [-0.2, 0) is 4.79 Å². The Labute approximate surface area is 85.3 Å². The number of nitrogens with two attached hydrogens (primary N) is 1. The molecule has 80 valence electrons. The smallest absolute Gasteiger partial charge is 0.244 e. The van der Waals surface area contributed by atoms with E-state index in [0.717, 1.165) is 12.1 Å². The van der Waals surface area contributed by atoms with Gasteiger partial charge in [-0.2, -0.15) is 0 Å². The van der Waals surface area contributed by atoms with Crippen molar-refractivity contribution in [3.05, 3.63) is 29.8 Å². The number of carbonyl (C=O) groups excluding carboxylic acids is 1. The van der Waals surface area contributed by atoms with Crippen LogP contribution in [0.5, 0.6) is 0 Å². The van der Waals surface area contributed by atoms with Gasteiger partial charge in [0.05, 0.1) is 5.54 Å². The second-order valence-electron chi connectivity index (χ2n) is 3.74. The van der Waals surface area contributed by atoms with E-state index >= 15 is 0 Å². The summed E-state index contributed by atoms with van der Waals surface area (Å²) >= 11 is 0. The van der Waals surface area contributed by atoms with Crippen molar-refractivity contribution in [3.63, 3.8) is 0 Å². The fourth-order valence-electron chi connectivity index (χ4n) is 1.19. The number of nitrogens with one attached hydrogen (secondary N) is 1. The zero-order valence-electron chi connectivity index (χ0n) is 7.89. The second kappa shape index (κ2) is 3.27. The third-order valence-corrected chi connectivity index (χ3v) is 2.42. The first kappa shape index (κ1) is 10.0. The number of amides is 1. The maximum Gasteiger partial charge on any atom is 0.244 e. The van der Waals surface area contributed by atoms with Crippen molar-refractivity contribution in [2.24, 2.45) is 5.73 Å². The van der Waals surface area contributed by atoms with Gasteiger partial charge in [0.25, 0.3) is 0 Å². The minimum absolute atomic E-state index is 0.218. The van der Waals surface area contributed by atoms with E-state index in [1.165, 1.54) is 6.07 Å². The summed E-state index contributed by atoms with van der Waals surface area (Å²) in [6, 6.07) is 3.18. The minimum atomic E-state index is -0.991. The van der Waals surface area contributed by atoms with Crippen LogP contribution in [-0.4, -0.2) is 11.4 Å². The molecule has 15 heavy (non-hydrogen) atoms. The quantitative estimate of drug-likeness (QED) is 0.778. The number of rotatable bonds is 2. The van der Waals surface area contributed by atoms with Crippen molar-refractivity contribution in [2.75, 3.05) is 5.32 Å². The molecule has 0 unspecified atom stereocenters. The molecule has 0 heterocycles. The van der Waals surface area contributed by atoms with Crippen molar-refractivity contribution < 1.29 is 13.6 Å². The van der Waals surface area contributed by atoms with Crippen molar-refractivity contribution in [2.45, 2.75) is 18.4 Å². The van der Waals surface area contributed by atoms with Crippen LogP contribution in [0.15, 0.2) is 18.2 Å². The van der Waals surface area contributed by atoms with E-state index in [-0.39, 0.29) is 11.6 Å². The molecule has 0 radical (unpaired) electrons. The highest BCUT2D eigenvalue weighted by Gasteiger charge is 2.45. The maximum atomic E-state index is 12.8. The molecule has 1 amide bonds. The first-order valence-corrected chi connectivity index (χ1v) is 4.57. The summed E-state index contributed by atoms with van der Waals surface area (Å²) in [5, 5.41) is 2.44. The SMILES string of the molecule is NC1(C(=O)Nc2ccc(F)c(F)c2)CC1. The largest absolute Gasteiger partial charge is 0.324 e. The number of hydrogen-bond acceptors (Lipinski definition) is 2. The molecule has 0 aromatic heterocycles. The molecule has 0 bridgehead atoms. The van der Waals surface area contributed by atoms with Gasteiger partial charge in [-0.3, -0.25) is 4.79 Å². The molecule has 0 saturated heterocycles. The Hall–Kier alpha value is -1.49. The van der Waals surface area contributed by atoms with Crippen LogP contribution < -0.4 is 11.1 Å². The molecular weight excluding hydrogens is 202 g/mol. The van der Waals surface area contributed by atoms with Gasteiger partial charge >= 0.3 is 0 Å². The summed E-state index contributed by atoms with van der Waals surface area (Å²) in [5.74, 6) is -2.29. The van der Waals surface area contributed by atoms with Crippen LogP contribution >= 0.6 is 0 Å². The number of carbonyl (C=O) groups is 1. The van der Waals surface area contributed by atoms with E-state index in [1.807, 2.05) is 0 Å². The van der Waals surface area contributed by atoms with Crippen LogP contribution in [0.4, 0.5) is 14.5 Å². The Balaban J connectivity index is 2.11. The first-order chi connectivity index (χ1) is 7.01. The summed E-state index contributed by atoms with van der Waals surface area (Å²) in [6.45, 7) is 0. The summed E-state index contributed by atoms with van der Waals surface area (Å²) < 4.78 is 25.4. The van der Waals surface area contributed by atoms with E-state index in [4.69, 9.17) is 5.73 Å². The van der Waals surface area contributed by atoms with Crippen molar-refractivity contribution in [1.29, 1.82) is 0 Å². The highest BCUT2D eigenvalue weighted by molar-refractivity contribution is 6.00. The van der Waals surface area contributed by atoms with Crippen molar-refractivity contribution in [1.82, 2.24) is 0 Å². The van der Waals surface area contributed by atoms with Gasteiger partial charge in [-0.1, -0.05) is 0 Å². The van der Waals surface area contributed by atoms with Gasteiger partial charge in [-0.25, -0.2) is 8.78 Å². The molecular formula is C10H10F2N2O. The zero-order chi connectivity index (χ0) is 11.1. The Kier molecular flexibility index (Phi) is 2.19. The van der Waals surface area contributed by atoms with E-state index in [2.05, 4.69) is 5.32 Å². The molecule has 1 saturated carbocycles. The van der Waals surface area contributed by atoms with Gasteiger partial charge in [0.2, 0.25) is 5.91 Å². The van der Waals surface area contributed by atoms with Gasteiger partial charge in [-0.05, 0) is 25.0 Å². The molecule has 1 aromatic rings. The highest BCUT2D eigenvalue weighted by Crippen LogP contribution is 2.33. The Bertz CT molecular complexity index is 416. The zero-order valence-corrected chi connectivity index (χ0v) is 7.89. The molecule has 1 aliphatic carbocycles. The molecule has 0 atom stereocenters. The van der Waals surface area contributed by atoms with Gasteiger partial charge in [0, 0.05) is 11.8 Å². The Morgan fingerprint density at radius 3 is 2.53 bits per heavy atom. The predicted octanol–water partition coefficient (Wildman–Crippen LogP) is 1.39. The fraction of sp³-hybridized carbons (Fsp3) is 0.300. The monoisotopic (exact) mass is 212 g/mol. The summed E-state index contributed by atoms with van der Waals surface area (Å²) in [5.41, 5.74) is 5.03. The first-order valence-electron chi connectivity index (χ1n) is 4.57. The molecule has 3 N–H and O–H groups in total. The summed E-state index contributed by atoms with van der Waals surface area (Å²) in [6.07, 6.45) is 1.25. The number of halogens is 2. The number of anilines is 1. The average Bonchev–Trinajstić information content (AvgIpc) is 2.92. The molecule has 1 aliphatic rings. The fourth-order valence-corrected chi connectivity index (χ4v) is 1.19. The molecule has 0 spiro atoms. The van der Waals surface area contributed by atoms with E-state index in [9.17, 15) is 13.6 Å².